The topological polar surface area (TPSA) is 75.2 Å². The Morgan fingerprint density at radius 2 is 1.80 bits per heavy atom. The van der Waals surface area contributed by atoms with Crippen LogP contribution in [0.25, 0.3) is 0 Å². The first kappa shape index (κ1) is 15.2. The highest BCUT2D eigenvalue weighted by molar-refractivity contribution is 7.89. The molecule has 2 unspecified atom stereocenters. The number of anilines is 1. The molecule has 2 rings (SSSR count). The number of rotatable bonds is 4. The molecule has 0 bridgehead atoms. The first-order valence-corrected chi connectivity index (χ1v) is 8.50. The van der Waals surface area contributed by atoms with Crippen LogP contribution in [-0.4, -0.2) is 41.3 Å². The van der Waals surface area contributed by atoms with Crippen LogP contribution in [0.5, 0.6) is 0 Å². The predicted molar refractivity (Wildman–Crippen MR) is 78.0 cm³/mol. The van der Waals surface area contributed by atoms with Crippen LogP contribution in [0.1, 0.15) is 40.0 Å². The largest absolute Gasteiger partial charge is 0.355 e. The second kappa shape index (κ2) is 6.05. The Kier molecular flexibility index (Phi) is 4.59. The lowest BCUT2D eigenvalue weighted by molar-refractivity contribution is 0.204. The number of nitrogens with one attached hydrogen (secondary N) is 1. The number of aromatic nitrogens is 2. The molecule has 0 saturated carbocycles. The standard InChI is InChI=1S/C13H22N4O2S/c1-4-14-13-15-8-12(9-16-13)20(18,19)17-10(2)6-5-7-11(17)3/h8-11H,4-7H2,1-3H3,(H,14,15,16). The molecule has 2 atom stereocenters. The van der Waals surface area contributed by atoms with E-state index in [4.69, 9.17) is 0 Å². The van der Waals surface area contributed by atoms with Gasteiger partial charge in [-0.3, -0.25) is 0 Å². The summed E-state index contributed by atoms with van der Waals surface area (Å²) in [7, 11) is -3.51. The maximum absolute atomic E-state index is 12.7. The highest BCUT2D eigenvalue weighted by atomic mass is 32.2. The molecule has 0 aromatic carbocycles. The molecule has 1 N–H and O–H groups in total. The van der Waals surface area contributed by atoms with E-state index in [-0.39, 0.29) is 17.0 Å². The highest BCUT2D eigenvalue weighted by Crippen LogP contribution is 2.29. The Morgan fingerprint density at radius 1 is 1.25 bits per heavy atom. The normalized spacial score (nSPS) is 24.6. The highest BCUT2D eigenvalue weighted by Gasteiger charge is 2.35. The van der Waals surface area contributed by atoms with Crippen LogP contribution in [0.3, 0.4) is 0 Å². The summed E-state index contributed by atoms with van der Waals surface area (Å²) in [5.74, 6) is 0.450. The SMILES string of the molecule is CCNc1ncc(S(=O)(=O)N2C(C)CCCC2C)cn1. The average molecular weight is 298 g/mol. The van der Waals surface area contributed by atoms with E-state index in [1.807, 2.05) is 20.8 Å². The van der Waals surface area contributed by atoms with E-state index >= 15 is 0 Å². The van der Waals surface area contributed by atoms with Gasteiger partial charge in [0.15, 0.2) is 0 Å². The molecule has 1 aliphatic rings. The number of sulfonamides is 1. The van der Waals surface area contributed by atoms with Crippen molar-refractivity contribution in [3.8, 4) is 0 Å². The van der Waals surface area contributed by atoms with Crippen molar-refractivity contribution in [1.82, 2.24) is 14.3 Å². The fraction of sp³-hybridized carbons (Fsp3) is 0.692. The molecule has 20 heavy (non-hydrogen) atoms. The van der Waals surface area contributed by atoms with E-state index in [1.165, 1.54) is 12.4 Å². The number of hydrogen-bond acceptors (Lipinski definition) is 5. The average Bonchev–Trinajstić information content (AvgIpc) is 2.39. The monoisotopic (exact) mass is 298 g/mol. The third kappa shape index (κ3) is 2.93. The molecule has 1 aromatic heterocycles. The van der Waals surface area contributed by atoms with Crippen LogP contribution in [0.15, 0.2) is 17.3 Å². The third-order valence-corrected chi connectivity index (χ3v) is 5.73. The molecule has 0 radical (unpaired) electrons. The molecular weight excluding hydrogens is 276 g/mol. The smallest absolute Gasteiger partial charge is 0.246 e. The van der Waals surface area contributed by atoms with Gasteiger partial charge in [-0.05, 0) is 33.6 Å². The molecule has 0 amide bonds. The van der Waals surface area contributed by atoms with E-state index < -0.39 is 10.0 Å². The summed E-state index contributed by atoms with van der Waals surface area (Å²) in [4.78, 5) is 8.27. The number of piperidine rings is 1. The van der Waals surface area contributed by atoms with Gasteiger partial charge in [0.2, 0.25) is 16.0 Å². The van der Waals surface area contributed by atoms with Crippen LogP contribution in [-0.2, 0) is 10.0 Å². The molecule has 112 valence electrons. The molecule has 0 spiro atoms. The van der Waals surface area contributed by atoms with E-state index in [9.17, 15) is 8.42 Å². The Balaban J connectivity index is 2.29. The molecule has 2 heterocycles. The van der Waals surface area contributed by atoms with Crippen LogP contribution >= 0.6 is 0 Å². The van der Waals surface area contributed by atoms with E-state index in [0.717, 1.165) is 19.3 Å². The van der Waals surface area contributed by atoms with E-state index in [2.05, 4.69) is 15.3 Å². The van der Waals surface area contributed by atoms with Crippen molar-refractivity contribution in [2.24, 2.45) is 0 Å². The zero-order chi connectivity index (χ0) is 14.8. The van der Waals surface area contributed by atoms with Gasteiger partial charge in [-0.25, -0.2) is 18.4 Å². The first-order valence-electron chi connectivity index (χ1n) is 7.06. The Bertz CT molecular complexity index is 534. The minimum absolute atomic E-state index is 0.0252. The van der Waals surface area contributed by atoms with Crippen molar-refractivity contribution in [2.75, 3.05) is 11.9 Å². The van der Waals surface area contributed by atoms with Crippen LogP contribution in [0.2, 0.25) is 0 Å². The molecule has 1 saturated heterocycles. The van der Waals surface area contributed by atoms with Gasteiger partial charge in [-0.15, -0.1) is 0 Å². The lowest BCUT2D eigenvalue weighted by Crippen LogP contribution is -2.47. The fourth-order valence-electron chi connectivity index (χ4n) is 2.69. The zero-order valence-corrected chi connectivity index (χ0v) is 13.0. The Morgan fingerprint density at radius 3 is 2.30 bits per heavy atom. The molecule has 0 aliphatic carbocycles. The van der Waals surface area contributed by atoms with Gasteiger partial charge in [0.1, 0.15) is 4.90 Å². The van der Waals surface area contributed by atoms with Gasteiger partial charge >= 0.3 is 0 Å². The maximum atomic E-state index is 12.7. The predicted octanol–water partition coefficient (Wildman–Crippen LogP) is 1.86. The molecule has 1 fully saturated rings. The second-order valence-corrected chi connectivity index (χ2v) is 7.08. The Hall–Kier alpha value is -1.21. The molecule has 6 nitrogen and oxygen atoms in total. The zero-order valence-electron chi connectivity index (χ0n) is 12.2. The lowest BCUT2D eigenvalue weighted by atomic mass is 10.0. The van der Waals surface area contributed by atoms with Crippen LogP contribution in [0.4, 0.5) is 5.95 Å². The minimum Gasteiger partial charge on any atom is -0.355 e. The second-order valence-electron chi connectivity index (χ2n) is 5.24. The van der Waals surface area contributed by atoms with E-state index in [1.54, 1.807) is 4.31 Å². The quantitative estimate of drug-likeness (QED) is 0.918. The van der Waals surface area contributed by atoms with Crippen molar-refractivity contribution in [1.29, 1.82) is 0 Å². The van der Waals surface area contributed by atoms with Gasteiger partial charge < -0.3 is 5.32 Å². The van der Waals surface area contributed by atoms with Gasteiger partial charge in [-0.1, -0.05) is 6.42 Å². The molecule has 1 aromatic rings. The first-order chi connectivity index (χ1) is 9.46. The van der Waals surface area contributed by atoms with Crippen molar-refractivity contribution in [2.45, 2.75) is 57.0 Å². The van der Waals surface area contributed by atoms with Crippen LogP contribution < -0.4 is 5.32 Å². The fourth-order valence-corrected chi connectivity index (χ4v) is 4.47. The summed E-state index contributed by atoms with van der Waals surface area (Å²) >= 11 is 0. The van der Waals surface area contributed by atoms with Crippen molar-refractivity contribution in [3.63, 3.8) is 0 Å². The minimum atomic E-state index is -3.51. The van der Waals surface area contributed by atoms with E-state index in [0.29, 0.717) is 12.5 Å². The molecule has 7 heteroatoms. The van der Waals surface area contributed by atoms with Gasteiger partial charge in [-0.2, -0.15) is 4.31 Å². The number of nitrogens with zero attached hydrogens (tertiary/aromatic N) is 3. The maximum Gasteiger partial charge on any atom is 0.246 e. The molecule has 1 aliphatic heterocycles. The Labute approximate surface area is 120 Å². The van der Waals surface area contributed by atoms with Crippen molar-refractivity contribution >= 4 is 16.0 Å². The van der Waals surface area contributed by atoms with Gasteiger partial charge in [0, 0.05) is 18.6 Å². The summed E-state index contributed by atoms with van der Waals surface area (Å²) in [6, 6.07) is 0.0504. The summed E-state index contributed by atoms with van der Waals surface area (Å²) < 4.78 is 27.0. The van der Waals surface area contributed by atoms with Gasteiger partial charge in [0.25, 0.3) is 0 Å². The number of hydrogen-bond donors (Lipinski definition) is 1. The lowest BCUT2D eigenvalue weighted by Gasteiger charge is -2.37. The van der Waals surface area contributed by atoms with Crippen molar-refractivity contribution in [3.05, 3.63) is 12.4 Å². The summed E-state index contributed by atoms with van der Waals surface area (Å²) in [5.41, 5.74) is 0. The third-order valence-electron chi connectivity index (χ3n) is 3.65. The summed E-state index contributed by atoms with van der Waals surface area (Å²) in [6.45, 7) is 6.56. The van der Waals surface area contributed by atoms with Crippen LogP contribution in [0, 0.1) is 0 Å². The van der Waals surface area contributed by atoms with Gasteiger partial charge in [0.05, 0.1) is 12.4 Å². The summed E-state index contributed by atoms with van der Waals surface area (Å²) in [6.07, 6.45) is 5.65. The summed E-state index contributed by atoms with van der Waals surface area (Å²) in [5, 5.41) is 2.95. The molecular formula is C13H22N4O2S. The van der Waals surface area contributed by atoms with Crippen molar-refractivity contribution < 1.29 is 8.42 Å².